The van der Waals surface area contributed by atoms with Crippen molar-refractivity contribution in [2.24, 2.45) is 17.8 Å². The summed E-state index contributed by atoms with van der Waals surface area (Å²) in [7, 11) is 0. The molecule has 1 unspecified atom stereocenters. The Morgan fingerprint density at radius 3 is 1.93 bits per heavy atom. The highest BCUT2D eigenvalue weighted by molar-refractivity contribution is 5.52. The monoisotopic (exact) mass is 393 g/mol. The minimum Gasteiger partial charge on any atom is -0.0832 e. The molecule has 3 rings (SSSR count). The van der Waals surface area contributed by atoms with Crippen LogP contribution in [0.1, 0.15) is 84.8 Å². The molecule has 0 aliphatic heterocycles. The van der Waals surface area contributed by atoms with Crippen molar-refractivity contribution in [1.82, 2.24) is 5.21 Å². The van der Waals surface area contributed by atoms with Crippen LogP contribution < -0.4 is 9.36 Å². The van der Waals surface area contributed by atoms with E-state index in [0.717, 1.165) is 6.42 Å². The smallest absolute Gasteiger partial charge is 0.0832 e. The van der Waals surface area contributed by atoms with Gasteiger partial charge in [0.05, 0.1) is 5.92 Å². The molecule has 0 bridgehead atoms. The van der Waals surface area contributed by atoms with Crippen LogP contribution in [0.3, 0.4) is 0 Å². The lowest BCUT2D eigenvalue weighted by molar-refractivity contribution is -0.801. The van der Waals surface area contributed by atoms with Crippen molar-refractivity contribution in [3.8, 4) is 5.69 Å². The van der Waals surface area contributed by atoms with Crippen LogP contribution in [-0.4, -0.2) is 5.21 Å². The third kappa shape index (κ3) is 4.24. The first-order chi connectivity index (χ1) is 13.7. The van der Waals surface area contributed by atoms with Crippen molar-refractivity contribution in [2.75, 3.05) is 0 Å². The maximum absolute atomic E-state index is 3.70. The summed E-state index contributed by atoms with van der Waals surface area (Å²) >= 11 is 0. The first-order valence-electron chi connectivity index (χ1n) is 11.3. The molecule has 1 aliphatic rings. The van der Waals surface area contributed by atoms with E-state index in [9.17, 15) is 0 Å². The third-order valence-corrected chi connectivity index (χ3v) is 6.18. The summed E-state index contributed by atoms with van der Waals surface area (Å²) in [6.45, 7) is 18.4. The number of nitrogens with one attached hydrogen (secondary N) is 1. The fourth-order valence-electron chi connectivity index (χ4n) is 4.51. The number of benzene rings is 1. The molecule has 1 aliphatic carbocycles. The second-order valence-corrected chi connectivity index (χ2v) is 9.72. The maximum Gasteiger partial charge on any atom is 0.272 e. The van der Waals surface area contributed by atoms with E-state index < -0.39 is 0 Å². The van der Waals surface area contributed by atoms with Crippen molar-refractivity contribution < 1.29 is 9.36 Å². The van der Waals surface area contributed by atoms with Crippen LogP contribution in [0.4, 0.5) is 0 Å². The van der Waals surface area contributed by atoms with Crippen molar-refractivity contribution in [2.45, 2.75) is 73.6 Å². The molecule has 3 nitrogen and oxygen atoms in total. The van der Waals surface area contributed by atoms with E-state index in [0.29, 0.717) is 29.6 Å². The van der Waals surface area contributed by atoms with Gasteiger partial charge in [0.25, 0.3) is 12.4 Å². The normalized spacial score (nSPS) is 17.4. The van der Waals surface area contributed by atoms with Crippen LogP contribution in [0.25, 0.3) is 11.4 Å². The van der Waals surface area contributed by atoms with Gasteiger partial charge >= 0.3 is 0 Å². The molecule has 0 fully saturated rings. The summed E-state index contributed by atoms with van der Waals surface area (Å²) in [4.78, 5) is 0. The molecular formula is C26H39N3+2. The van der Waals surface area contributed by atoms with Gasteiger partial charge in [-0.3, -0.25) is 0 Å². The molecule has 29 heavy (non-hydrogen) atoms. The zero-order valence-corrected chi connectivity index (χ0v) is 19.5. The minimum absolute atomic E-state index is 0.472. The van der Waals surface area contributed by atoms with E-state index >= 15 is 0 Å². The zero-order chi connectivity index (χ0) is 21.3. The Balaban J connectivity index is 2.18. The van der Waals surface area contributed by atoms with Gasteiger partial charge in [-0.15, -0.1) is 0 Å². The van der Waals surface area contributed by atoms with Crippen molar-refractivity contribution in [3.63, 3.8) is 0 Å². The molecule has 156 valence electrons. The molecule has 1 aromatic carbocycles. The second kappa shape index (κ2) is 8.69. The van der Waals surface area contributed by atoms with Crippen LogP contribution in [0.2, 0.25) is 0 Å². The largest absolute Gasteiger partial charge is 0.272 e. The average molecular weight is 394 g/mol. The molecule has 0 radical (unpaired) electrons. The molecule has 1 heterocycles. The van der Waals surface area contributed by atoms with E-state index in [-0.39, 0.29) is 0 Å². The van der Waals surface area contributed by atoms with Crippen molar-refractivity contribution in [1.29, 1.82) is 0 Å². The molecule has 3 heteroatoms. The molecule has 0 saturated carbocycles. The highest BCUT2D eigenvalue weighted by Crippen LogP contribution is 2.34. The van der Waals surface area contributed by atoms with Crippen LogP contribution in [0.5, 0.6) is 0 Å². The molecule has 0 saturated heterocycles. The number of aromatic nitrogens is 3. The molecule has 2 aromatic rings. The van der Waals surface area contributed by atoms with E-state index in [2.05, 4.69) is 113 Å². The molecule has 1 aromatic heterocycles. The van der Waals surface area contributed by atoms with Crippen molar-refractivity contribution in [3.05, 3.63) is 59.4 Å². The molecule has 1 N–H and O–H groups in total. The Bertz CT molecular complexity index is 884. The Morgan fingerprint density at radius 1 is 0.828 bits per heavy atom. The number of nitrogens with zero attached hydrogens (tertiary/aromatic N) is 2. The van der Waals surface area contributed by atoms with Gasteiger partial charge in [-0.1, -0.05) is 85.7 Å². The van der Waals surface area contributed by atoms with E-state index in [4.69, 9.17) is 0 Å². The lowest BCUT2D eigenvalue weighted by atomic mass is 9.81. The van der Waals surface area contributed by atoms with E-state index in [1.54, 1.807) is 0 Å². The lowest BCUT2D eigenvalue weighted by Gasteiger charge is -2.23. The highest BCUT2D eigenvalue weighted by atomic mass is 15.5. The van der Waals surface area contributed by atoms with Crippen LogP contribution in [-0.2, 0) is 0 Å². The quantitative estimate of drug-likeness (QED) is 0.589. The molecule has 1 atom stereocenters. The summed E-state index contributed by atoms with van der Waals surface area (Å²) < 4.78 is 4.50. The summed E-state index contributed by atoms with van der Waals surface area (Å²) in [5.74, 6) is 2.57. The highest BCUT2D eigenvalue weighted by Gasteiger charge is 2.35. The topological polar surface area (TPSA) is 23.5 Å². The number of allylic oxidation sites excluding steroid dienone is 4. The van der Waals surface area contributed by atoms with Gasteiger partial charge in [-0.2, -0.15) is 0 Å². The SMILES string of the molecule is CC(C)C1=C([n+]2cc[n+](-c3c(C(C)C)cccc3C(C)C)[nH]2)C(C(C)C)CC=C1. The van der Waals surface area contributed by atoms with E-state index in [1.807, 2.05) is 0 Å². The first-order valence-corrected chi connectivity index (χ1v) is 11.3. The predicted octanol–water partition coefficient (Wildman–Crippen LogP) is 5.92. The molecule has 0 amide bonds. The second-order valence-electron chi connectivity index (χ2n) is 9.72. The van der Waals surface area contributed by atoms with Gasteiger partial charge in [0.1, 0.15) is 0 Å². The fraction of sp³-hybridized carbons (Fsp3) is 0.538. The van der Waals surface area contributed by atoms with Gasteiger partial charge < -0.3 is 0 Å². The summed E-state index contributed by atoms with van der Waals surface area (Å²) in [5, 5.41) is 3.70. The van der Waals surface area contributed by atoms with Gasteiger partial charge in [0.2, 0.25) is 11.4 Å². The van der Waals surface area contributed by atoms with Gasteiger partial charge in [0, 0.05) is 21.9 Å². The maximum atomic E-state index is 3.70. The average Bonchev–Trinajstić information content (AvgIpc) is 3.15. The minimum atomic E-state index is 0.472. The standard InChI is InChI=1S/C26H38N3/c1-17(2)21-11-9-12-22(18(3)4)25(21)28-15-16-29(27-28)26-23(19(5)6)13-10-14-24(26)20(7)8/h9-13,15-20,24H,14H2,1-8H3/q+1/p+1. The summed E-state index contributed by atoms with van der Waals surface area (Å²) in [6.07, 6.45) is 10.2. The number of aromatic amines is 1. The van der Waals surface area contributed by atoms with E-state index in [1.165, 1.54) is 28.1 Å². The Morgan fingerprint density at radius 2 is 1.41 bits per heavy atom. The lowest BCUT2D eigenvalue weighted by Crippen LogP contribution is -2.48. The number of hydrogen-bond acceptors (Lipinski definition) is 0. The summed E-state index contributed by atoms with van der Waals surface area (Å²) in [6, 6.07) is 6.73. The number of para-hydroxylation sites is 1. The number of rotatable bonds is 6. The zero-order valence-electron chi connectivity index (χ0n) is 19.5. The number of H-pyrrole nitrogens is 1. The Hall–Kier alpha value is -2.16. The first kappa shape index (κ1) is 21.5. The van der Waals surface area contributed by atoms with Crippen LogP contribution >= 0.6 is 0 Å². The van der Waals surface area contributed by atoms with Crippen molar-refractivity contribution >= 4 is 5.70 Å². The van der Waals surface area contributed by atoms with Gasteiger partial charge in [-0.25, -0.2) is 0 Å². The Labute approximate surface area is 177 Å². The van der Waals surface area contributed by atoms with Gasteiger partial charge in [-0.05, 0) is 39.5 Å². The third-order valence-electron chi connectivity index (χ3n) is 6.18. The molecular weight excluding hydrogens is 354 g/mol. The number of hydrogen-bond donors (Lipinski definition) is 1. The molecule has 0 spiro atoms. The van der Waals surface area contributed by atoms with Crippen LogP contribution in [0.15, 0.2) is 48.3 Å². The van der Waals surface area contributed by atoms with Gasteiger partial charge in [0.15, 0.2) is 0 Å². The Kier molecular flexibility index (Phi) is 6.45. The summed E-state index contributed by atoms with van der Waals surface area (Å²) in [5.41, 5.74) is 6.93. The predicted molar refractivity (Wildman–Crippen MR) is 121 cm³/mol. The fourth-order valence-corrected chi connectivity index (χ4v) is 4.51. The van der Waals surface area contributed by atoms with Crippen LogP contribution in [0, 0.1) is 17.8 Å².